The van der Waals surface area contributed by atoms with Crippen molar-refractivity contribution < 1.29 is 18.0 Å². The van der Waals surface area contributed by atoms with Gasteiger partial charge < -0.3 is 10.6 Å². The van der Waals surface area contributed by atoms with E-state index in [4.69, 9.17) is 0 Å². The molecule has 154 valence electrons. The maximum absolute atomic E-state index is 12.6. The maximum atomic E-state index is 12.6. The van der Waals surface area contributed by atoms with Crippen molar-refractivity contribution in [1.82, 2.24) is 4.72 Å². The fraction of sp³-hybridized carbons (Fsp3) is 0.333. The van der Waals surface area contributed by atoms with Crippen LogP contribution in [0, 0.1) is 0 Å². The molecule has 0 atom stereocenters. The fourth-order valence-corrected chi connectivity index (χ4v) is 4.61. The molecule has 0 spiro atoms. The topological polar surface area (TPSA) is 104 Å². The van der Waals surface area contributed by atoms with Crippen LogP contribution in [0.2, 0.25) is 0 Å². The molecule has 2 amide bonds. The standard InChI is InChI=1S/C21H25N3O4S/c1-2-20(25)22-17-10-6-11-18(14-17)23-21(26)15-7-5-12-19(13-15)29(27,28)24-16-8-3-4-9-16/h5-7,10-14,16,24H,2-4,8-9H2,1H3,(H,22,25)(H,23,26). The van der Waals surface area contributed by atoms with Crippen LogP contribution in [0.25, 0.3) is 0 Å². The number of hydrogen-bond donors (Lipinski definition) is 3. The van der Waals surface area contributed by atoms with Crippen LogP contribution in [0.4, 0.5) is 11.4 Å². The zero-order valence-electron chi connectivity index (χ0n) is 16.3. The molecule has 2 aromatic carbocycles. The first-order valence-electron chi connectivity index (χ1n) is 9.71. The molecule has 8 heteroatoms. The largest absolute Gasteiger partial charge is 0.326 e. The van der Waals surface area contributed by atoms with Crippen LogP contribution >= 0.6 is 0 Å². The van der Waals surface area contributed by atoms with Crippen LogP contribution in [0.1, 0.15) is 49.4 Å². The molecule has 0 saturated heterocycles. The molecular weight excluding hydrogens is 390 g/mol. The Balaban J connectivity index is 1.72. The van der Waals surface area contributed by atoms with E-state index >= 15 is 0 Å². The number of carbonyl (C=O) groups excluding carboxylic acids is 2. The fourth-order valence-electron chi connectivity index (χ4n) is 3.26. The molecule has 0 bridgehead atoms. The van der Waals surface area contributed by atoms with E-state index in [1.807, 2.05) is 0 Å². The first kappa shape index (κ1) is 21.0. The molecule has 1 aliphatic carbocycles. The molecule has 3 rings (SSSR count). The van der Waals surface area contributed by atoms with E-state index in [0.29, 0.717) is 17.8 Å². The summed E-state index contributed by atoms with van der Waals surface area (Å²) in [5.74, 6) is -0.553. The summed E-state index contributed by atoms with van der Waals surface area (Å²) < 4.78 is 27.9. The zero-order valence-corrected chi connectivity index (χ0v) is 17.1. The summed E-state index contributed by atoms with van der Waals surface area (Å²) in [5.41, 5.74) is 1.32. The predicted octanol–water partition coefficient (Wildman–Crippen LogP) is 3.51. The quantitative estimate of drug-likeness (QED) is 0.644. The molecule has 0 aromatic heterocycles. The van der Waals surface area contributed by atoms with Crippen molar-refractivity contribution in [2.45, 2.75) is 50.0 Å². The molecule has 3 N–H and O–H groups in total. The van der Waals surface area contributed by atoms with Gasteiger partial charge in [0.2, 0.25) is 15.9 Å². The summed E-state index contributed by atoms with van der Waals surface area (Å²) in [5, 5.41) is 5.47. The highest BCUT2D eigenvalue weighted by atomic mass is 32.2. The molecule has 1 fully saturated rings. The number of benzene rings is 2. The van der Waals surface area contributed by atoms with Gasteiger partial charge in [-0.2, -0.15) is 0 Å². The Morgan fingerprint density at radius 2 is 1.62 bits per heavy atom. The molecule has 2 aromatic rings. The lowest BCUT2D eigenvalue weighted by Gasteiger charge is -2.13. The second-order valence-corrected chi connectivity index (χ2v) is 8.78. The van der Waals surface area contributed by atoms with Crippen molar-refractivity contribution in [3.63, 3.8) is 0 Å². The summed E-state index contributed by atoms with van der Waals surface area (Å²) in [6.45, 7) is 1.75. The Morgan fingerprint density at radius 1 is 0.966 bits per heavy atom. The van der Waals surface area contributed by atoms with Crippen LogP contribution in [-0.4, -0.2) is 26.3 Å². The number of anilines is 2. The van der Waals surface area contributed by atoms with Gasteiger partial charge in [-0.25, -0.2) is 13.1 Å². The number of hydrogen-bond acceptors (Lipinski definition) is 4. The highest BCUT2D eigenvalue weighted by molar-refractivity contribution is 7.89. The normalized spacial score (nSPS) is 14.5. The number of sulfonamides is 1. The van der Waals surface area contributed by atoms with Gasteiger partial charge in [-0.3, -0.25) is 9.59 Å². The zero-order chi connectivity index (χ0) is 20.9. The van der Waals surface area contributed by atoms with Gasteiger partial charge in [-0.1, -0.05) is 31.9 Å². The minimum atomic E-state index is -3.67. The molecule has 1 aliphatic rings. The van der Waals surface area contributed by atoms with Crippen LogP contribution in [0.15, 0.2) is 53.4 Å². The predicted molar refractivity (Wildman–Crippen MR) is 112 cm³/mol. The summed E-state index contributed by atoms with van der Waals surface area (Å²) in [7, 11) is -3.67. The SMILES string of the molecule is CCC(=O)Nc1cccc(NC(=O)c2cccc(S(=O)(=O)NC3CCCC3)c2)c1. The van der Waals surface area contributed by atoms with E-state index in [1.54, 1.807) is 43.3 Å². The van der Waals surface area contributed by atoms with Gasteiger partial charge >= 0.3 is 0 Å². The van der Waals surface area contributed by atoms with Crippen molar-refractivity contribution in [3.8, 4) is 0 Å². The Bertz CT molecular complexity index is 998. The van der Waals surface area contributed by atoms with Gasteiger partial charge in [-0.05, 0) is 49.2 Å². The molecule has 0 heterocycles. The molecule has 0 unspecified atom stereocenters. The summed E-state index contributed by atoms with van der Waals surface area (Å²) in [6, 6.07) is 12.7. The van der Waals surface area contributed by atoms with Crippen molar-refractivity contribution in [2.75, 3.05) is 10.6 Å². The third-order valence-corrected chi connectivity index (χ3v) is 6.33. The first-order chi connectivity index (χ1) is 13.9. The highest BCUT2D eigenvalue weighted by Crippen LogP contribution is 2.21. The molecule has 29 heavy (non-hydrogen) atoms. The smallest absolute Gasteiger partial charge is 0.255 e. The minimum absolute atomic E-state index is 0.0430. The average molecular weight is 416 g/mol. The number of rotatable bonds is 7. The van der Waals surface area contributed by atoms with Crippen LogP contribution < -0.4 is 15.4 Å². The number of amides is 2. The molecule has 7 nitrogen and oxygen atoms in total. The molecule has 0 aliphatic heterocycles. The molecule has 1 saturated carbocycles. The van der Waals surface area contributed by atoms with Gasteiger partial charge in [-0.15, -0.1) is 0 Å². The summed E-state index contributed by atoms with van der Waals surface area (Å²) >= 11 is 0. The van der Waals surface area contributed by atoms with Gasteiger partial charge in [0.1, 0.15) is 0 Å². The second kappa shape index (κ2) is 9.19. The Kier molecular flexibility index (Phi) is 6.66. The van der Waals surface area contributed by atoms with Crippen LogP contribution in [0.3, 0.4) is 0 Å². The van der Waals surface area contributed by atoms with Gasteiger partial charge in [0.25, 0.3) is 5.91 Å². The maximum Gasteiger partial charge on any atom is 0.255 e. The van der Waals surface area contributed by atoms with E-state index in [-0.39, 0.29) is 22.4 Å². The third-order valence-electron chi connectivity index (χ3n) is 4.81. The number of nitrogens with one attached hydrogen (secondary N) is 3. The summed E-state index contributed by atoms with van der Waals surface area (Å²) in [6.07, 6.45) is 4.07. The minimum Gasteiger partial charge on any atom is -0.326 e. The second-order valence-electron chi connectivity index (χ2n) is 7.07. The Hall–Kier alpha value is -2.71. The van der Waals surface area contributed by atoms with Crippen molar-refractivity contribution in [3.05, 3.63) is 54.1 Å². The average Bonchev–Trinajstić information content (AvgIpc) is 3.20. The van der Waals surface area contributed by atoms with Crippen molar-refractivity contribution in [1.29, 1.82) is 0 Å². The molecular formula is C21H25N3O4S. The highest BCUT2D eigenvalue weighted by Gasteiger charge is 2.23. The number of carbonyl (C=O) groups is 2. The van der Waals surface area contributed by atoms with Crippen LogP contribution in [-0.2, 0) is 14.8 Å². The van der Waals surface area contributed by atoms with Crippen molar-refractivity contribution in [2.24, 2.45) is 0 Å². The van der Waals surface area contributed by atoms with E-state index in [1.165, 1.54) is 12.1 Å². The van der Waals surface area contributed by atoms with E-state index in [0.717, 1.165) is 25.7 Å². The van der Waals surface area contributed by atoms with E-state index < -0.39 is 15.9 Å². The van der Waals surface area contributed by atoms with E-state index in [9.17, 15) is 18.0 Å². The van der Waals surface area contributed by atoms with E-state index in [2.05, 4.69) is 15.4 Å². The first-order valence-corrected chi connectivity index (χ1v) is 11.2. The lowest BCUT2D eigenvalue weighted by Crippen LogP contribution is -2.32. The molecule has 0 radical (unpaired) electrons. The van der Waals surface area contributed by atoms with Gasteiger partial charge in [0, 0.05) is 29.4 Å². The summed E-state index contributed by atoms with van der Waals surface area (Å²) in [4.78, 5) is 24.2. The lowest BCUT2D eigenvalue weighted by atomic mass is 10.2. The van der Waals surface area contributed by atoms with Gasteiger partial charge in [0.15, 0.2) is 0 Å². The van der Waals surface area contributed by atoms with Crippen LogP contribution in [0.5, 0.6) is 0 Å². The lowest BCUT2D eigenvalue weighted by molar-refractivity contribution is -0.115. The third kappa shape index (κ3) is 5.65. The van der Waals surface area contributed by atoms with Gasteiger partial charge in [0.05, 0.1) is 4.90 Å². The monoisotopic (exact) mass is 415 g/mol. The Labute approximate surface area is 171 Å². The Morgan fingerprint density at radius 3 is 2.31 bits per heavy atom. The van der Waals surface area contributed by atoms with Crippen molar-refractivity contribution >= 4 is 33.2 Å².